The molecule has 0 radical (unpaired) electrons. The van der Waals surface area contributed by atoms with E-state index in [1.54, 1.807) is 17.8 Å². The lowest BCUT2D eigenvalue weighted by molar-refractivity contribution is 0.0946. The summed E-state index contributed by atoms with van der Waals surface area (Å²) in [5, 5.41) is 5.40. The van der Waals surface area contributed by atoms with Crippen molar-refractivity contribution in [2.75, 3.05) is 0 Å². The van der Waals surface area contributed by atoms with Gasteiger partial charge < -0.3 is 11.1 Å². The van der Waals surface area contributed by atoms with Gasteiger partial charge in [-0.1, -0.05) is 19.4 Å². The maximum Gasteiger partial charge on any atom is 0.271 e. The summed E-state index contributed by atoms with van der Waals surface area (Å²) in [5.74, 6) is -0.181. The molecule has 2 rings (SSSR count). The SMILES string of the molecule is CCCC(N)c1nc(C(=O)NCc2cccnc2)cs1. The van der Waals surface area contributed by atoms with Crippen LogP contribution in [0.2, 0.25) is 0 Å². The molecule has 0 saturated carbocycles. The Bertz CT molecular complexity index is 555. The molecule has 0 aliphatic heterocycles. The topological polar surface area (TPSA) is 80.9 Å². The van der Waals surface area contributed by atoms with Crippen LogP contribution < -0.4 is 11.1 Å². The van der Waals surface area contributed by atoms with E-state index in [0.29, 0.717) is 12.2 Å². The lowest BCUT2D eigenvalue weighted by atomic mass is 10.2. The van der Waals surface area contributed by atoms with Crippen molar-refractivity contribution in [3.8, 4) is 0 Å². The number of hydrogen-bond acceptors (Lipinski definition) is 5. The molecule has 5 nitrogen and oxygen atoms in total. The van der Waals surface area contributed by atoms with Gasteiger partial charge in [-0.15, -0.1) is 11.3 Å². The van der Waals surface area contributed by atoms with Crippen LogP contribution >= 0.6 is 11.3 Å². The summed E-state index contributed by atoms with van der Waals surface area (Å²) < 4.78 is 0. The Labute approximate surface area is 122 Å². The average Bonchev–Trinajstić information content (AvgIpc) is 2.96. The molecule has 2 heterocycles. The number of pyridine rings is 1. The minimum atomic E-state index is -0.181. The summed E-state index contributed by atoms with van der Waals surface area (Å²) in [6.45, 7) is 2.52. The highest BCUT2D eigenvalue weighted by molar-refractivity contribution is 7.09. The average molecular weight is 290 g/mol. The monoisotopic (exact) mass is 290 g/mol. The lowest BCUT2D eigenvalue weighted by Gasteiger charge is -2.05. The Kier molecular flexibility index (Phi) is 5.20. The van der Waals surface area contributed by atoms with Crippen LogP contribution in [0.3, 0.4) is 0 Å². The van der Waals surface area contributed by atoms with Crippen LogP contribution in [0.15, 0.2) is 29.9 Å². The minimum absolute atomic E-state index is 0.0788. The minimum Gasteiger partial charge on any atom is -0.347 e. The number of nitrogens with two attached hydrogens (primary N) is 1. The molecule has 1 amide bonds. The van der Waals surface area contributed by atoms with Crippen LogP contribution in [-0.2, 0) is 6.54 Å². The van der Waals surface area contributed by atoms with E-state index in [0.717, 1.165) is 23.4 Å². The summed E-state index contributed by atoms with van der Waals surface area (Å²) in [7, 11) is 0. The molecule has 0 fully saturated rings. The Morgan fingerprint density at radius 3 is 3.10 bits per heavy atom. The molecule has 0 saturated heterocycles. The van der Waals surface area contributed by atoms with Crippen LogP contribution in [0.4, 0.5) is 0 Å². The molecular weight excluding hydrogens is 272 g/mol. The van der Waals surface area contributed by atoms with Gasteiger partial charge in [0.2, 0.25) is 0 Å². The number of carbonyl (C=O) groups is 1. The molecule has 0 aromatic carbocycles. The summed E-state index contributed by atoms with van der Waals surface area (Å²) in [6, 6.07) is 3.67. The Morgan fingerprint density at radius 2 is 2.40 bits per heavy atom. The normalized spacial score (nSPS) is 12.1. The second kappa shape index (κ2) is 7.12. The molecular formula is C14H18N4OS. The number of hydrogen-bond donors (Lipinski definition) is 2. The zero-order chi connectivity index (χ0) is 14.4. The smallest absolute Gasteiger partial charge is 0.271 e. The number of amides is 1. The number of thiazole rings is 1. The molecule has 106 valence electrons. The van der Waals surface area contributed by atoms with Gasteiger partial charge in [-0.05, 0) is 18.1 Å². The first-order chi connectivity index (χ1) is 9.70. The predicted molar refractivity (Wildman–Crippen MR) is 79.4 cm³/mol. The maximum absolute atomic E-state index is 12.0. The van der Waals surface area contributed by atoms with Crippen molar-refractivity contribution in [2.45, 2.75) is 32.4 Å². The molecule has 2 aromatic rings. The van der Waals surface area contributed by atoms with E-state index in [4.69, 9.17) is 5.73 Å². The fraction of sp³-hybridized carbons (Fsp3) is 0.357. The lowest BCUT2D eigenvalue weighted by Crippen LogP contribution is -2.23. The zero-order valence-electron chi connectivity index (χ0n) is 11.4. The second-order valence-electron chi connectivity index (χ2n) is 4.51. The number of nitrogens with one attached hydrogen (secondary N) is 1. The van der Waals surface area contributed by atoms with Crippen molar-refractivity contribution in [1.82, 2.24) is 15.3 Å². The molecule has 0 bridgehead atoms. The summed E-state index contributed by atoms with van der Waals surface area (Å²) >= 11 is 1.44. The van der Waals surface area contributed by atoms with Crippen molar-refractivity contribution in [2.24, 2.45) is 5.73 Å². The van der Waals surface area contributed by atoms with Crippen LogP contribution in [-0.4, -0.2) is 15.9 Å². The molecule has 20 heavy (non-hydrogen) atoms. The fourth-order valence-corrected chi connectivity index (χ4v) is 2.61. The summed E-state index contributed by atoms with van der Waals surface area (Å²) in [4.78, 5) is 20.3. The van der Waals surface area contributed by atoms with E-state index in [9.17, 15) is 4.79 Å². The van der Waals surface area contributed by atoms with Gasteiger partial charge in [0.15, 0.2) is 0 Å². The zero-order valence-corrected chi connectivity index (χ0v) is 12.2. The van der Waals surface area contributed by atoms with Crippen molar-refractivity contribution in [3.63, 3.8) is 0 Å². The molecule has 0 aliphatic carbocycles. The Morgan fingerprint density at radius 1 is 1.55 bits per heavy atom. The Hall–Kier alpha value is -1.79. The van der Waals surface area contributed by atoms with Crippen LogP contribution in [0, 0.1) is 0 Å². The van der Waals surface area contributed by atoms with E-state index in [1.807, 2.05) is 12.1 Å². The summed E-state index contributed by atoms with van der Waals surface area (Å²) in [5.41, 5.74) is 7.38. The van der Waals surface area contributed by atoms with Crippen molar-refractivity contribution >= 4 is 17.2 Å². The van der Waals surface area contributed by atoms with Gasteiger partial charge in [-0.2, -0.15) is 0 Å². The molecule has 0 spiro atoms. The van der Waals surface area contributed by atoms with E-state index in [2.05, 4.69) is 22.2 Å². The van der Waals surface area contributed by atoms with Gasteiger partial charge in [0.1, 0.15) is 10.7 Å². The van der Waals surface area contributed by atoms with Crippen LogP contribution in [0.5, 0.6) is 0 Å². The van der Waals surface area contributed by atoms with Gasteiger partial charge >= 0.3 is 0 Å². The van der Waals surface area contributed by atoms with Crippen molar-refractivity contribution < 1.29 is 4.79 Å². The maximum atomic E-state index is 12.0. The predicted octanol–water partition coefficient (Wildman–Crippen LogP) is 2.27. The third kappa shape index (κ3) is 3.85. The van der Waals surface area contributed by atoms with E-state index < -0.39 is 0 Å². The van der Waals surface area contributed by atoms with Crippen molar-refractivity contribution in [1.29, 1.82) is 0 Å². The fourth-order valence-electron chi connectivity index (χ4n) is 1.77. The molecule has 1 atom stereocenters. The number of nitrogens with zero attached hydrogens (tertiary/aromatic N) is 2. The third-order valence-electron chi connectivity index (χ3n) is 2.85. The number of rotatable bonds is 6. The first kappa shape index (κ1) is 14.6. The van der Waals surface area contributed by atoms with Gasteiger partial charge in [0, 0.05) is 24.3 Å². The second-order valence-corrected chi connectivity index (χ2v) is 5.40. The number of carbonyl (C=O) groups excluding carboxylic acids is 1. The quantitative estimate of drug-likeness (QED) is 0.855. The first-order valence-electron chi connectivity index (χ1n) is 6.58. The molecule has 3 N–H and O–H groups in total. The van der Waals surface area contributed by atoms with Gasteiger partial charge in [-0.25, -0.2) is 4.98 Å². The first-order valence-corrected chi connectivity index (χ1v) is 7.46. The van der Waals surface area contributed by atoms with E-state index in [-0.39, 0.29) is 11.9 Å². The van der Waals surface area contributed by atoms with E-state index in [1.165, 1.54) is 11.3 Å². The van der Waals surface area contributed by atoms with Gasteiger partial charge in [0.05, 0.1) is 6.04 Å². The van der Waals surface area contributed by atoms with Crippen LogP contribution in [0.1, 0.15) is 46.9 Å². The molecule has 2 aromatic heterocycles. The highest BCUT2D eigenvalue weighted by Gasteiger charge is 2.14. The molecule has 6 heteroatoms. The standard InChI is InChI=1S/C14H18N4OS/c1-2-4-11(15)14-18-12(9-20-14)13(19)17-8-10-5-3-6-16-7-10/h3,5-7,9,11H,2,4,8,15H2,1H3,(H,17,19). The van der Waals surface area contributed by atoms with Gasteiger partial charge in [-0.3, -0.25) is 9.78 Å². The summed E-state index contributed by atoms with van der Waals surface area (Å²) in [6.07, 6.45) is 5.31. The Balaban J connectivity index is 1.93. The largest absolute Gasteiger partial charge is 0.347 e. The number of aromatic nitrogens is 2. The van der Waals surface area contributed by atoms with Gasteiger partial charge in [0.25, 0.3) is 5.91 Å². The highest BCUT2D eigenvalue weighted by atomic mass is 32.1. The molecule has 1 unspecified atom stereocenters. The van der Waals surface area contributed by atoms with Crippen LogP contribution in [0.25, 0.3) is 0 Å². The molecule has 0 aliphatic rings. The highest BCUT2D eigenvalue weighted by Crippen LogP contribution is 2.20. The van der Waals surface area contributed by atoms with Crippen molar-refractivity contribution in [3.05, 3.63) is 46.2 Å². The van der Waals surface area contributed by atoms with E-state index >= 15 is 0 Å². The third-order valence-corrected chi connectivity index (χ3v) is 3.82.